The highest BCUT2D eigenvalue weighted by atomic mass is 16.5. The number of amides is 1. The number of ether oxygens (including phenoxy) is 1. The van der Waals surface area contributed by atoms with Crippen LogP contribution in [-0.4, -0.2) is 29.7 Å². The van der Waals surface area contributed by atoms with Gasteiger partial charge in [-0.25, -0.2) is 0 Å². The number of benzene rings is 1. The predicted molar refractivity (Wildman–Crippen MR) is 102 cm³/mol. The lowest BCUT2D eigenvalue weighted by atomic mass is 9.78. The summed E-state index contributed by atoms with van der Waals surface area (Å²) >= 11 is 0. The van der Waals surface area contributed by atoms with Crippen LogP contribution in [0, 0.1) is 18.3 Å². The van der Waals surface area contributed by atoms with Gasteiger partial charge in [0.2, 0.25) is 5.91 Å². The van der Waals surface area contributed by atoms with E-state index in [1.165, 1.54) is 10.9 Å². The first-order valence-electron chi connectivity index (χ1n) is 9.29. The average Bonchev–Trinajstić information content (AvgIpc) is 2.89. The molecule has 0 bridgehead atoms. The number of aryl methyl sites for hydroxylation is 1. The molecule has 0 spiro atoms. The molecule has 2 aromatic rings. The van der Waals surface area contributed by atoms with Crippen molar-refractivity contribution in [3.05, 3.63) is 36.0 Å². The lowest BCUT2D eigenvalue weighted by molar-refractivity contribution is -0.123. The standard InChI is InChI=1S/C21H30N2O2/c1-15-13-23(18-10-6-5-9-17(15)18)14-19(24)22-12-16-8-7-11-25-20(16)21(2,3)4/h5-6,9-10,13,16,20H,7-8,11-12,14H2,1-4H3,(H,22,24)/t16-,20-/m1/s1. The van der Waals surface area contributed by atoms with Crippen LogP contribution in [0.15, 0.2) is 30.5 Å². The van der Waals surface area contributed by atoms with Gasteiger partial charge >= 0.3 is 0 Å². The zero-order valence-corrected chi connectivity index (χ0v) is 15.8. The summed E-state index contributed by atoms with van der Waals surface area (Å²) < 4.78 is 8.05. The lowest BCUT2D eigenvalue weighted by Gasteiger charge is -2.40. The molecule has 2 atom stereocenters. The van der Waals surface area contributed by atoms with Crippen LogP contribution in [0.2, 0.25) is 0 Å². The van der Waals surface area contributed by atoms with Gasteiger partial charge < -0.3 is 14.6 Å². The normalized spacial score (nSPS) is 21.4. The van der Waals surface area contributed by atoms with Crippen molar-refractivity contribution in [2.24, 2.45) is 11.3 Å². The van der Waals surface area contributed by atoms with Gasteiger partial charge in [0.25, 0.3) is 0 Å². The Kier molecular flexibility index (Phi) is 5.19. The summed E-state index contributed by atoms with van der Waals surface area (Å²) in [4.78, 5) is 12.5. The number of nitrogens with one attached hydrogen (secondary N) is 1. The second-order valence-corrected chi connectivity index (χ2v) is 8.32. The molecule has 1 aliphatic rings. The van der Waals surface area contributed by atoms with Gasteiger partial charge in [0, 0.05) is 36.2 Å². The van der Waals surface area contributed by atoms with Crippen LogP contribution in [0.5, 0.6) is 0 Å². The van der Waals surface area contributed by atoms with E-state index >= 15 is 0 Å². The van der Waals surface area contributed by atoms with Crippen molar-refractivity contribution >= 4 is 16.8 Å². The number of rotatable bonds is 4. The molecule has 0 radical (unpaired) electrons. The molecule has 1 fully saturated rings. The van der Waals surface area contributed by atoms with Gasteiger partial charge in [0.1, 0.15) is 6.54 Å². The van der Waals surface area contributed by atoms with Gasteiger partial charge in [0.05, 0.1) is 6.10 Å². The summed E-state index contributed by atoms with van der Waals surface area (Å²) in [6.45, 7) is 10.6. The first-order valence-corrected chi connectivity index (χ1v) is 9.29. The molecule has 136 valence electrons. The molecule has 2 heterocycles. The van der Waals surface area contributed by atoms with Gasteiger partial charge in [-0.2, -0.15) is 0 Å². The molecule has 0 saturated carbocycles. The maximum absolute atomic E-state index is 12.5. The number of fused-ring (bicyclic) bond motifs is 1. The van der Waals surface area contributed by atoms with Crippen molar-refractivity contribution in [3.63, 3.8) is 0 Å². The van der Waals surface area contributed by atoms with Crippen molar-refractivity contribution in [3.8, 4) is 0 Å². The molecule has 0 aliphatic carbocycles. The average molecular weight is 342 g/mol. The third-order valence-corrected chi connectivity index (χ3v) is 5.16. The molecule has 1 saturated heterocycles. The molecule has 1 aromatic carbocycles. The van der Waals surface area contributed by atoms with E-state index in [0.29, 0.717) is 19.0 Å². The molecule has 1 N–H and O–H groups in total. The molecule has 0 unspecified atom stereocenters. The Morgan fingerprint density at radius 3 is 2.84 bits per heavy atom. The fraction of sp³-hybridized carbons (Fsp3) is 0.571. The fourth-order valence-corrected chi connectivity index (χ4v) is 4.03. The molecule has 1 aliphatic heterocycles. The van der Waals surface area contributed by atoms with Crippen molar-refractivity contribution in [2.45, 2.75) is 53.2 Å². The SMILES string of the molecule is Cc1cn(CC(=O)NC[C@H]2CCCO[C@H]2C(C)(C)C)c2ccccc12. The van der Waals surface area contributed by atoms with Gasteiger partial charge in [-0.3, -0.25) is 4.79 Å². The minimum Gasteiger partial charge on any atom is -0.377 e. The predicted octanol–water partition coefficient (Wildman–Crippen LogP) is 3.91. The highest BCUT2D eigenvalue weighted by Gasteiger charge is 2.35. The van der Waals surface area contributed by atoms with E-state index in [0.717, 1.165) is 25.0 Å². The van der Waals surface area contributed by atoms with Crippen LogP contribution < -0.4 is 5.32 Å². The summed E-state index contributed by atoms with van der Waals surface area (Å²) in [6, 6.07) is 8.23. The van der Waals surface area contributed by atoms with E-state index in [9.17, 15) is 4.79 Å². The van der Waals surface area contributed by atoms with E-state index in [-0.39, 0.29) is 17.4 Å². The van der Waals surface area contributed by atoms with Crippen molar-refractivity contribution in [1.82, 2.24) is 9.88 Å². The summed E-state index contributed by atoms with van der Waals surface area (Å²) in [6.07, 6.45) is 4.46. The Balaban J connectivity index is 1.62. The van der Waals surface area contributed by atoms with Crippen molar-refractivity contribution in [2.75, 3.05) is 13.2 Å². The summed E-state index contributed by atoms with van der Waals surface area (Å²) in [5, 5.41) is 4.35. The molecule has 3 rings (SSSR count). The van der Waals surface area contributed by atoms with Crippen LogP contribution in [0.1, 0.15) is 39.2 Å². The van der Waals surface area contributed by atoms with Crippen molar-refractivity contribution < 1.29 is 9.53 Å². The van der Waals surface area contributed by atoms with E-state index in [2.05, 4.69) is 51.3 Å². The molecular weight excluding hydrogens is 312 g/mol. The number of para-hydroxylation sites is 1. The quantitative estimate of drug-likeness (QED) is 0.915. The third kappa shape index (κ3) is 4.06. The van der Waals surface area contributed by atoms with Crippen molar-refractivity contribution in [1.29, 1.82) is 0 Å². The Bertz CT molecular complexity index is 742. The number of carbonyl (C=O) groups excluding carboxylic acids is 1. The van der Waals surface area contributed by atoms with Crippen LogP contribution in [0.4, 0.5) is 0 Å². The number of aromatic nitrogens is 1. The first kappa shape index (κ1) is 18.0. The zero-order chi connectivity index (χ0) is 18.0. The van der Waals surface area contributed by atoms with Gasteiger partial charge in [-0.05, 0) is 36.8 Å². The highest BCUT2D eigenvalue weighted by Crippen LogP contribution is 2.33. The van der Waals surface area contributed by atoms with Crippen LogP contribution >= 0.6 is 0 Å². The lowest BCUT2D eigenvalue weighted by Crippen LogP contribution is -2.45. The Hall–Kier alpha value is -1.81. The fourth-order valence-electron chi connectivity index (χ4n) is 4.03. The van der Waals surface area contributed by atoms with Gasteiger partial charge in [-0.15, -0.1) is 0 Å². The smallest absolute Gasteiger partial charge is 0.239 e. The maximum Gasteiger partial charge on any atom is 0.239 e. The van der Waals surface area contributed by atoms with Gasteiger partial charge in [-0.1, -0.05) is 39.0 Å². The topological polar surface area (TPSA) is 43.3 Å². The zero-order valence-electron chi connectivity index (χ0n) is 15.8. The Morgan fingerprint density at radius 1 is 1.32 bits per heavy atom. The summed E-state index contributed by atoms with van der Waals surface area (Å²) in [5.74, 6) is 0.458. The molecule has 4 nitrogen and oxygen atoms in total. The molecular formula is C21H30N2O2. The molecule has 1 amide bonds. The minimum atomic E-state index is 0.0685. The monoisotopic (exact) mass is 342 g/mol. The molecule has 1 aromatic heterocycles. The minimum absolute atomic E-state index is 0.0685. The van der Waals surface area contributed by atoms with Crippen LogP contribution in [0.3, 0.4) is 0 Å². The van der Waals surface area contributed by atoms with E-state index in [1.54, 1.807) is 0 Å². The molecule has 25 heavy (non-hydrogen) atoms. The van der Waals surface area contributed by atoms with Gasteiger partial charge in [0.15, 0.2) is 0 Å². The number of hydrogen-bond acceptors (Lipinski definition) is 2. The third-order valence-electron chi connectivity index (χ3n) is 5.16. The largest absolute Gasteiger partial charge is 0.377 e. The summed E-state index contributed by atoms with van der Waals surface area (Å²) in [5.41, 5.74) is 2.42. The maximum atomic E-state index is 12.5. The molecule has 4 heteroatoms. The number of hydrogen-bond donors (Lipinski definition) is 1. The van der Waals surface area contributed by atoms with Crippen LogP contribution in [-0.2, 0) is 16.1 Å². The van der Waals surface area contributed by atoms with E-state index in [4.69, 9.17) is 4.74 Å². The number of nitrogens with zero attached hydrogens (tertiary/aromatic N) is 1. The van der Waals surface area contributed by atoms with E-state index < -0.39 is 0 Å². The second-order valence-electron chi connectivity index (χ2n) is 8.32. The van der Waals surface area contributed by atoms with E-state index in [1.807, 2.05) is 16.7 Å². The number of carbonyl (C=O) groups is 1. The van der Waals surface area contributed by atoms with Crippen LogP contribution in [0.25, 0.3) is 10.9 Å². The second kappa shape index (κ2) is 7.20. The summed E-state index contributed by atoms with van der Waals surface area (Å²) in [7, 11) is 0. The Labute approximate surface area is 150 Å². The first-order chi connectivity index (χ1) is 11.9. The highest BCUT2D eigenvalue weighted by molar-refractivity contribution is 5.85. The Morgan fingerprint density at radius 2 is 2.08 bits per heavy atom.